The number of aliphatic imine (C=N–C) groups is 1. The van der Waals surface area contributed by atoms with Gasteiger partial charge in [0.25, 0.3) is 0 Å². The Morgan fingerprint density at radius 2 is 2.24 bits per heavy atom. The van der Waals surface area contributed by atoms with Crippen LogP contribution in [0.5, 0.6) is 0 Å². The van der Waals surface area contributed by atoms with Crippen molar-refractivity contribution >= 4 is 39.3 Å². The van der Waals surface area contributed by atoms with E-state index in [2.05, 4.69) is 43.3 Å². The highest BCUT2D eigenvalue weighted by atomic mass is 79.9. The Morgan fingerprint density at radius 3 is 2.92 bits per heavy atom. The molecule has 1 amide bonds. The molecule has 25 heavy (non-hydrogen) atoms. The fraction of sp³-hybridized carbons (Fsp3) is 0.647. The van der Waals surface area contributed by atoms with Crippen molar-refractivity contribution in [3.8, 4) is 0 Å². The molecule has 0 radical (unpaired) electrons. The Bertz CT molecular complexity index is 655. The molecule has 0 bridgehead atoms. The molecule has 1 fully saturated rings. The number of nitrogens with zero attached hydrogens (tertiary/aromatic N) is 3. The van der Waals surface area contributed by atoms with Gasteiger partial charge >= 0.3 is 6.09 Å². The van der Waals surface area contributed by atoms with Gasteiger partial charge in [-0.2, -0.15) is 0 Å². The number of fused-ring (bicyclic) bond motifs is 1. The number of rotatable bonds is 3. The molecule has 0 spiro atoms. The molecule has 1 aromatic heterocycles. The highest BCUT2D eigenvalue weighted by Gasteiger charge is 2.36. The van der Waals surface area contributed by atoms with Gasteiger partial charge < -0.3 is 19.9 Å². The van der Waals surface area contributed by atoms with Crippen molar-refractivity contribution in [2.45, 2.75) is 38.8 Å². The fourth-order valence-electron chi connectivity index (χ4n) is 3.01. The van der Waals surface area contributed by atoms with Gasteiger partial charge in [0, 0.05) is 31.1 Å². The highest BCUT2D eigenvalue weighted by molar-refractivity contribution is 9.11. The van der Waals surface area contributed by atoms with Crippen LogP contribution < -0.4 is 5.32 Å². The maximum Gasteiger partial charge on any atom is 0.410 e. The lowest BCUT2D eigenvalue weighted by molar-refractivity contribution is 0.0137. The third-order valence-corrected chi connectivity index (χ3v) is 5.83. The largest absolute Gasteiger partial charge is 0.444 e. The van der Waals surface area contributed by atoms with Gasteiger partial charge in [-0.05, 0) is 55.3 Å². The normalized spacial score (nSPS) is 20.3. The highest BCUT2D eigenvalue weighted by Crippen LogP contribution is 2.22. The van der Waals surface area contributed by atoms with E-state index < -0.39 is 5.60 Å². The number of carbonyl (C=O) groups excluding carboxylic acids is 1. The third-order valence-electron chi connectivity index (χ3n) is 4.14. The van der Waals surface area contributed by atoms with E-state index in [4.69, 9.17) is 4.74 Å². The van der Waals surface area contributed by atoms with Crippen LogP contribution in [0.3, 0.4) is 0 Å². The van der Waals surface area contributed by atoms with Crippen LogP contribution in [0.4, 0.5) is 4.79 Å². The summed E-state index contributed by atoms with van der Waals surface area (Å²) in [6.45, 7) is 9.42. The summed E-state index contributed by atoms with van der Waals surface area (Å²) in [4.78, 5) is 22.3. The molecule has 3 heterocycles. The predicted molar refractivity (Wildman–Crippen MR) is 104 cm³/mol. The van der Waals surface area contributed by atoms with Crippen LogP contribution in [0.2, 0.25) is 0 Å². The van der Waals surface area contributed by atoms with E-state index >= 15 is 0 Å². The van der Waals surface area contributed by atoms with E-state index in [-0.39, 0.29) is 12.1 Å². The smallest absolute Gasteiger partial charge is 0.410 e. The Kier molecular flexibility index (Phi) is 5.58. The molecule has 1 saturated heterocycles. The lowest BCUT2D eigenvalue weighted by Crippen LogP contribution is -2.57. The zero-order chi connectivity index (χ0) is 18.0. The first-order chi connectivity index (χ1) is 11.8. The van der Waals surface area contributed by atoms with Crippen LogP contribution in [0.1, 0.15) is 25.6 Å². The molecule has 0 aliphatic carbocycles. The third kappa shape index (κ3) is 4.88. The summed E-state index contributed by atoms with van der Waals surface area (Å²) in [5, 5.41) is 3.45. The summed E-state index contributed by atoms with van der Waals surface area (Å²) in [5.74, 6) is 0.962. The molecule has 0 saturated carbocycles. The van der Waals surface area contributed by atoms with Gasteiger partial charge in [-0.25, -0.2) is 4.79 Å². The van der Waals surface area contributed by atoms with Crippen LogP contribution in [0, 0.1) is 0 Å². The number of amides is 1. The molecule has 8 heteroatoms. The molecule has 1 N–H and O–H groups in total. The average Bonchev–Trinajstić information content (AvgIpc) is 3.12. The second-order valence-corrected chi connectivity index (χ2v) is 9.87. The number of thiophene rings is 1. The number of guanidine groups is 1. The van der Waals surface area contributed by atoms with Gasteiger partial charge in [-0.3, -0.25) is 4.99 Å². The Balaban J connectivity index is 1.46. The number of hydrogen-bond donors (Lipinski definition) is 1. The molecule has 1 atom stereocenters. The van der Waals surface area contributed by atoms with E-state index in [1.807, 2.05) is 20.8 Å². The molecule has 6 nitrogen and oxygen atoms in total. The second kappa shape index (κ2) is 7.53. The fourth-order valence-corrected chi connectivity index (χ4v) is 4.49. The van der Waals surface area contributed by atoms with E-state index in [0.29, 0.717) is 13.1 Å². The summed E-state index contributed by atoms with van der Waals surface area (Å²) < 4.78 is 6.65. The number of halogens is 1. The van der Waals surface area contributed by atoms with Crippen molar-refractivity contribution in [3.05, 3.63) is 20.8 Å². The molecular weight excluding hydrogens is 404 g/mol. The molecule has 2 aliphatic heterocycles. The average molecular weight is 429 g/mol. The summed E-state index contributed by atoms with van der Waals surface area (Å²) in [6.07, 6.45) is 0.759. The minimum Gasteiger partial charge on any atom is -0.444 e. The number of piperazine rings is 1. The molecule has 1 unspecified atom stereocenters. The van der Waals surface area contributed by atoms with Gasteiger partial charge in [0.15, 0.2) is 5.96 Å². The van der Waals surface area contributed by atoms with E-state index in [0.717, 1.165) is 32.0 Å². The van der Waals surface area contributed by atoms with E-state index in [1.54, 1.807) is 16.2 Å². The number of hydrogen-bond acceptors (Lipinski definition) is 6. The van der Waals surface area contributed by atoms with Crippen molar-refractivity contribution in [3.63, 3.8) is 0 Å². The van der Waals surface area contributed by atoms with Crippen LogP contribution in [-0.2, 0) is 11.2 Å². The van der Waals surface area contributed by atoms with Gasteiger partial charge in [0.1, 0.15) is 5.60 Å². The molecule has 1 aromatic rings. The van der Waals surface area contributed by atoms with Crippen LogP contribution in [0.25, 0.3) is 0 Å². The van der Waals surface area contributed by atoms with Gasteiger partial charge in [-0.15, -0.1) is 11.3 Å². The number of carbonyl (C=O) groups is 1. The van der Waals surface area contributed by atoms with Gasteiger partial charge in [-0.1, -0.05) is 0 Å². The predicted octanol–water partition coefficient (Wildman–Crippen LogP) is 2.93. The Labute approximate surface area is 161 Å². The number of ether oxygens (including phenoxy) is 1. The van der Waals surface area contributed by atoms with Crippen molar-refractivity contribution in [1.29, 1.82) is 0 Å². The lowest BCUT2D eigenvalue weighted by atomic mass is 10.2. The standard InChI is InChI=1S/C17H25BrN4O2S/c1-17(2,3)24-16(23)21-8-9-22-12(11-21)10-20-15(22)19-7-6-13-4-5-14(18)25-13/h4-5,12H,6-11H2,1-3H3,(H,19,20). The van der Waals surface area contributed by atoms with Crippen LogP contribution in [0.15, 0.2) is 20.9 Å². The SMILES string of the molecule is CC(C)(C)OC(=O)N1CCN2C(NCCc3ccc(Br)s3)=NCC2C1. The van der Waals surface area contributed by atoms with Crippen LogP contribution in [-0.4, -0.2) is 66.2 Å². The van der Waals surface area contributed by atoms with Crippen molar-refractivity contribution < 1.29 is 9.53 Å². The number of nitrogens with one attached hydrogen (secondary N) is 1. The maximum atomic E-state index is 12.2. The first kappa shape index (κ1) is 18.5. The van der Waals surface area contributed by atoms with E-state index in [9.17, 15) is 4.79 Å². The molecule has 3 rings (SSSR count). The van der Waals surface area contributed by atoms with Gasteiger partial charge in [0.2, 0.25) is 0 Å². The van der Waals surface area contributed by atoms with E-state index in [1.165, 1.54) is 8.66 Å². The summed E-state index contributed by atoms with van der Waals surface area (Å²) >= 11 is 5.26. The van der Waals surface area contributed by atoms with Crippen molar-refractivity contribution in [1.82, 2.24) is 15.1 Å². The first-order valence-electron chi connectivity index (χ1n) is 8.59. The Hall–Kier alpha value is -1.28. The molecule has 2 aliphatic rings. The van der Waals surface area contributed by atoms with Gasteiger partial charge in [0.05, 0.1) is 16.4 Å². The molecular formula is C17H25BrN4O2S. The zero-order valence-corrected chi connectivity index (χ0v) is 17.3. The maximum absolute atomic E-state index is 12.2. The second-order valence-electron chi connectivity index (χ2n) is 7.32. The lowest BCUT2D eigenvalue weighted by Gasteiger charge is -2.39. The van der Waals surface area contributed by atoms with Crippen molar-refractivity contribution in [2.75, 3.05) is 32.7 Å². The monoisotopic (exact) mass is 428 g/mol. The topological polar surface area (TPSA) is 57.2 Å². The summed E-state index contributed by atoms with van der Waals surface area (Å²) in [7, 11) is 0. The van der Waals surface area contributed by atoms with Crippen molar-refractivity contribution in [2.24, 2.45) is 4.99 Å². The zero-order valence-electron chi connectivity index (χ0n) is 14.9. The summed E-state index contributed by atoms with van der Waals surface area (Å²) in [5.41, 5.74) is -0.454. The molecule has 138 valence electrons. The molecule has 0 aromatic carbocycles. The minimum absolute atomic E-state index is 0.225. The summed E-state index contributed by atoms with van der Waals surface area (Å²) in [6, 6.07) is 4.48. The first-order valence-corrected chi connectivity index (χ1v) is 10.2. The van der Waals surface area contributed by atoms with Crippen LogP contribution >= 0.6 is 27.3 Å². The minimum atomic E-state index is -0.454. The Morgan fingerprint density at radius 1 is 1.44 bits per heavy atom. The quantitative estimate of drug-likeness (QED) is 0.803.